The molecular formula is C11H17BrN4O. The van der Waals surface area contributed by atoms with Gasteiger partial charge in [-0.15, -0.1) is 0 Å². The average Bonchev–Trinajstić information content (AvgIpc) is 2.32. The molecule has 2 N–H and O–H groups in total. The fourth-order valence-electron chi connectivity index (χ4n) is 2.13. The van der Waals surface area contributed by atoms with Gasteiger partial charge in [-0.05, 0) is 35.7 Å². The predicted molar refractivity (Wildman–Crippen MR) is 71.3 cm³/mol. The monoisotopic (exact) mass is 300 g/mol. The lowest BCUT2D eigenvalue weighted by Gasteiger charge is -2.32. The van der Waals surface area contributed by atoms with Gasteiger partial charge in [0.2, 0.25) is 0 Å². The van der Waals surface area contributed by atoms with E-state index in [2.05, 4.69) is 25.9 Å². The maximum absolute atomic E-state index is 11.9. The summed E-state index contributed by atoms with van der Waals surface area (Å²) in [5.41, 5.74) is 6.72. The zero-order valence-electron chi connectivity index (χ0n) is 9.90. The van der Waals surface area contributed by atoms with E-state index in [0.29, 0.717) is 11.0 Å². The van der Waals surface area contributed by atoms with Crippen molar-refractivity contribution in [1.82, 2.24) is 9.78 Å². The molecule has 0 amide bonds. The van der Waals surface area contributed by atoms with Crippen LogP contribution in [0.3, 0.4) is 0 Å². The van der Waals surface area contributed by atoms with Crippen LogP contribution in [0, 0.1) is 0 Å². The predicted octanol–water partition coefficient (Wildman–Crippen LogP) is 0.953. The summed E-state index contributed by atoms with van der Waals surface area (Å²) in [7, 11) is 0. The number of aromatic nitrogens is 2. The van der Waals surface area contributed by atoms with E-state index >= 15 is 0 Å². The van der Waals surface area contributed by atoms with Gasteiger partial charge in [0.25, 0.3) is 5.56 Å². The molecule has 1 atom stereocenters. The Bertz CT molecular complexity index is 459. The van der Waals surface area contributed by atoms with Crippen molar-refractivity contribution in [3.63, 3.8) is 0 Å². The molecule has 1 aliphatic heterocycles. The number of piperidine rings is 1. The second-order valence-corrected chi connectivity index (χ2v) is 5.11. The van der Waals surface area contributed by atoms with Crippen LogP contribution in [0.25, 0.3) is 0 Å². The summed E-state index contributed by atoms with van der Waals surface area (Å²) < 4.78 is 2.03. The van der Waals surface area contributed by atoms with E-state index in [9.17, 15) is 4.79 Å². The van der Waals surface area contributed by atoms with Crippen molar-refractivity contribution >= 4 is 21.6 Å². The second-order valence-electron chi connectivity index (χ2n) is 4.31. The smallest absolute Gasteiger partial charge is 0.283 e. The van der Waals surface area contributed by atoms with E-state index in [1.807, 2.05) is 6.92 Å². The molecule has 0 saturated carbocycles. The largest absolute Gasteiger partial charge is 0.368 e. The molecule has 0 radical (unpaired) electrons. The number of aryl methyl sites for hydroxylation is 1. The summed E-state index contributed by atoms with van der Waals surface area (Å²) in [6.45, 7) is 4.20. The first-order chi connectivity index (χ1) is 8.13. The van der Waals surface area contributed by atoms with Crippen LogP contribution in [0.4, 0.5) is 5.69 Å². The lowest BCUT2D eigenvalue weighted by atomic mass is 10.1. The molecule has 1 aliphatic rings. The van der Waals surface area contributed by atoms with E-state index < -0.39 is 0 Å². The molecule has 1 saturated heterocycles. The maximum Gasteiger partial charge on any atom is 0.283 e. The molecule has 1 unspecified atom stereocenters. The van der Waals surface area contributed by atoms with Crippen molar-refractivity contribution in [2.24, 2.45) is 5.73 Å². The van der Waals surface area contributed by atoms with Gasteiger partial charge in [-0.2, -0.15) is 5.10 Å². The highest BCUT2D eigenvalue weighted by Gasteiger charge is 2.20. The van der Waals surface area contributed by atoms with Crippen molar-refractivity contribution in [3.8, 4) is 0 Å². The summed E-state index contributed by atoms with van der Waals surface area (Å²) in [5.74, 6) is 0. The standard InChI is InChI=1S/C11H17BrN4O/c1-2-16-11(17)10(12)9(6-14-16)15-5-3-4-8(13)7-15/h6,8H,2-5,7,13H2,1H3. The summed E-state index contributed by atoms with van der Waals surface area (Å²) in [4.78, 5) is 14.1. The van der Waals surface area contributed by atoms with Crippen LogP contribution in [0.2, 0.25) is 0 Å². The number of hydrogen-bond acceptors (Lipinski definition) is 4. The van der Waals surface area contributed by atoms with Gasteiger partial charge in [-0.1, -0.05) is 0 Å². The molecule has 0 spiro atoms. The zero-order valence-corrected chi connectivity index (χ0v) is 11.5. The molecule has 6 heteroatoms. The third-order valence-corrected chi connectivity index (χ3v) is 3.81. The molecule has 1 fully saturated rings. The fraction of sp³-hybridized carbons (Fsp3) is 0.636. The van der Waals surface area contributed by atoms with Gasteiger partial charge in [-0.3, -0.25) is 4.79 Å². The Labute approximate surface area is 109 Å². The molecule has 94 valence electrons. The molecule has 0 aromatic carbocycles. The van der Waals surface area contributed by atoms with Crippen LogP contribution in [0.1, 0.15) is 19.8 Å². The topological polar surface area (TPSA) is 64.2 Å². The van der Waals surface area contributed by atoms with Crippen molar-refractivity contribution in [2.45, 2.75) is 32.4 Å². The number of rotatable bonds is 2. The number of anilines is 1. The summed E-state index contributed by atoms with van der Waals surface area (Å²) in [6.07, 6.45) is 3.85. The minimum Gasteiger partial charge on any atom is -0.368 e. The van der Waals surface area contributed by atoms with Crippen LogP contribution in [0.5, 0.6) is 0 Å². The molecule has 0 aliphatic carbocycles. The Hall–Kier alpha value is -0.880. The van der Waals surface area contributed by atoms with Crippen LogP contribution in [0.15, 0.2) is 15.5 Å². The molecule has 17 heavy (non-hydrogen) atoms. The van der Waals surface area contributed by atoms with Crippen LogP contribution in [-0.2, 0) is 6.54 Å². The molecule has 2 rings (SSSR count). The summed E-state index contributed by atoms with van der Waals surface area (Å²) >= 11 is 3.37. The Morgan fingerprint density at radius 2 is 2.41 bits per heavy atom. The average molecular weight is 301 g/mol. The van der Waals surface area contributed by atoms with Crippen molar-refractivity contribution < 1.29 is 0 Å². The van der Waals surface area contributed by atoms with Gasteiger partial charge in [0.1, 0.15) is 4.47 Å². The first kappa shape index (κ1) is 12.6. The molecule has 1 aromatic rings. The maximum atomic E-state index is 11.9. The molecule has 2 heterocycles. The van der Waals surface area contributed by atoms with E-state index in [1.54, 1.807) is 6.20 Å². The highest BCUT2D eigenvalue weighted by atomic mass is 79.9. The van der Waals surface area contributed by atoms with Gasteiger partial charge in [0, 0.05) is 25.7 Å². The highest BCUT2D eigenvalue weighted by Crippen LogP contribution is 2.24. The highest BCUT2D eigenvalue weighted by molar-refractivity contribution is 9.10. The lowest BCUT2D eigenvalue weighted by Crippen LogP contribution is -2.43. The molecule has 0 bridgehead atoms. The normalized spacial score (nSPS) is 20.6. The van der Waals surface area contributed by atoms with E-state index in [-0.39, 0.29) is 11.6 Å². The first-order valence-corrected chi connectivity index (χ1v) is 6.69. The SMILES string of the molecule is CCn1ncc(N2CCCC(N)C2)c(Br)c1=O. The second kappa shape index (κ2) is 5.18. The number of nitrogens with two attached hydrogens (primary N) is 1. The number of hydrogen-bond donors (Lipinski definition) is 1. The first-order valence-electron chi connectivity index (χ1n) is 5.89. The Morgan fingerprint density at radius 3 is 3.06 bits per heavy atom. The van der Waals surface area contributed by atoms with Crippen LogP contribution >= 0.6 is 15.9 Å². The fourth-order valence-corrected chi connectivity index (χ4v) is 2.69. The molecular weight excluding hydrogens is 284 g/mol. The Morgan fingerprint density at radius 1 is 1.65 bits per heavy atom. The van der Waals surface area contributed by atoms with Crippen molar-refractivity contribution in [1.29, 1.82) is 0 Å². The lowest BCUT2D eigenvalue weighted by molar-refractivity contribution is 0.503. The Balaban J connectivity index is 2.33. The number of nitrogens with zero attached hydrogens (tertiary/aromatic N) is 3. The van der Waals surface area contributed by atoms with E-state index in [4.69, 9.17) is 5.73 Å². The third kappa shape index (κ3) is 2.52. The van der Waals surface area contributed by atoms with E-state index in [1.165, 1.54) is 4.68 Å². The van der Waals surface area contributed by atoms with Gasteiger partial charge < -0.3 is 10.6 Å². The van der Waals surface area contributed by atoms with Crippen LogP contribution < -0.4 is 16.2 Å². The van der Waals surface area contributed by atoms with Gasteiger partial charge in [-0.25, -0.2) is 4.68 Å². The minimum absolute atomic E-state index is 0.0795. The Kier molecular flexibility index (Phi) is 3.83. The van der Waals surface area contributed by atoms with Gasteiger partial charge in [0.15, 0.2) is 0 Å². The summed E-state index contributed by atoms with van der Waals surface area (Å²) in [5, 5.41) is 4.15. The third-order valence-electron chi connectivity index (χ3n) is 3.06. The van der Waals surface area contributed by atoms with Gasteiger partial charge in [0.05, 0.1) is 11.9 Å². The summed E-state index contributed by atoms with van der Waals surface area (Å²) in [6, 6.07) is 0.184. The molecule has 1 aromatic heterocycles. The van der Waals surface area contributed by atoms with Gasteiger partial charge >= 0.3 is 0 Å². The van der Waals surface area contributed by atoms with Crippen molar-refractivity contribution in [3.05, 3.63) is 21.0 Å². The van der Waals surface area contributed by atoms with E-state index in [0.717, 1.165) is 31.6 Å². The zero-order chi connectivity index (χ0) is 12.4. The number of halogens is 1. The quantitative estimate of drug-likeness (QED) is 0.883. The molecule has 5 nitrogen and oxygen atoms in total. The van der Waals surface area contributed by atoms with Crippen LogP contribution in [-0.4, -0.2) is 28.9 Å². The minimum atomic E-state index is -0.0795. The van der Waals surface area contributed by atoms with Crippen molar-refractivity contribution in [2.75, 3.05) is 18.0 Å².